The van der Waals surface area contributed by atoms with E-state index in [1.807, 2.05) is 53.2 Å². The molecule has 3 aromatic rings. The van der Waals surface area contributed by atoms with Crippen LogP contribution < -0.4 is 21.7 Å². The number of nitrogens with two attached hydrogens (primary N) is 1. The van der Waals surface area contributed by atoms with Crippen molar-refractivity contribution < 1.29 is 26.4 Å². The average Bonchev–Trinajstić information content (AvgIpc) is 3.29. The molecular weight excluding hydrogens is 613 g/mol. The molecule has 9 nitrogen and oxygen atoms in total. The number of carbonyl (C=O) groups excluding carboxylic acids is 1. The molecule has 0 saturated carbocycles. The number of piperidine rings is 1. The number of thiocarbonyl (C=S) groups is 1. The third-order valence-corrected chi connectivity index (χ3v) is 9.56. The molecule has 2 saturated heterocycles. The zero-order chi connectivity index (χ0) is 29.4. The van der Waals surface area contributed by atoms with Gasteiger partial charge in [-0.1, -0.05) is 42.5 Å². The minimum absolute atomic E-state index is 0. The molecule has 5 N–H and O–H groups in total. The van der Waals surface area contributed by atoms with Crippen LogP contribution in [0.5, 0.6) is 0 Å². The van der Waals surface area contributed by atoms with Crippen LogP contribution in [0.4, 0.5) is 18.0 Å². The molecule has 228 valence electrons. The molecule has 5 rings (SSSR count). The van der Waals surface area contributed by atoms with Crippen molar-refractivity contribution in [2.24, 2.45) is 5.73 Å². The van der Waals surface area contributed by atoms with Crippen molar-refractivity contribution in [1.29, 1.82) is 0 Å². The largest absolute Gasteiger partial charge is 0.511 e. The second-order valence-corrected chi connectivity index (χ2v) is 12.7. The van der Waals surface area contributed by atoms with E-state index in [9.17, 15) is 26.4 Å². The molecule has 0 aliphatic carbocycles. The summed E-state index contributed by atoms with van der Waals surface area (Å²) in [5.74, 6) is 0. The van der Waals surface area contributed by atoms with Gasteiger partial charge in [-0.2, -0.15) is 17.5 Å². The molecule has 2 aromatic carbocycles. The number of sulfonamides is 1. The highest BCUT2D eigenvalue weighted by molar-refractivity contribution is 7.90. The molecule has 1 unspecified atom stereocenters. The lowest BCUT2D eigenvalue weighted by Crippen LogP contribution is -2.51. The summed E-state index contributed by atoms with van der Waals surface area (Å²) < 4.78 is 65.8. The van der Waals surface area contributed by atoms with Gasteiger partial charge in [-0.25, -0.2) is 13.2 Å². The standard InChI is InChI=1S/C27H31F3N6O3S2.ClH/c28-27(29,30)41(38,39)35-10-7-21(8-11-35)36-16-23(18-2-1-3-19(13-18)25(31)40)22-5-4-17(12-24(22)36)14-33-26(37)34-15-20-6-9-32-20;/h1-5,12-13,16,20-21,32H,6-11,14-15H2,(H2,31,40)(H2,33,34,37);1H. The number of halogens is 4. The fraction of sp³-hybridized carbons (Fsp3) is 0.407. The third kappa shape index (κ3) is 6.67. The predicted molar refractivity (Wildman–Crippen MR) is 162 cm³/mol. The van der Waals surface area contributed by atoms with E-state index in [0.29, 0.717) is 22.5 Å². The van der Waals surface area contributed by atoms with Gasteiger partial charge in [-0.15, -0.1) is 12.4 Å². The summed E-state index contributed by atoms with van der Waals surface area (Å²) in [7, 11) is -5.38. The first kappa shape index (κ1) is 32.0. The van der Waals surface area contributed by atoms with Crippen LogP contribution in [0.25, 0.3) is 22.0 Å². The van der Waals surface area contributed by atoms with Crippen molar-refractivity contribution in [2.45, 2.75) is 43.4 Å². The molecule has 0 bridgehead atoms. The molecule has 3 heterocycles. The molecule has 2 aliphatic rings. The molecule has 0 spiro atoms. The molecule has 2 fully saturated rings. The molecule has 1 atom stereocenters. The summed E-state index contributed by atoms with van der Waals surface area (Å²) in [6.45, 7) is 1.30. The van der Waals surface area contributed by atoms with E-state index in [4.69, 9.17) is 18.0 Å². The molecule has 2 aliphatic heterocycles. The lowest BCUT2D eigenvalue weighted by atomic mass is 10.0. The smallest absolute Gasteiger partial charge is 0.389 e. The first-order chi connectivity index (χ1) is 19.4. The zero-order valence-electron chi connectivity index (χ0n) is 22.5. The van der Waals surface area contributed by atoms with E-state index in [2.05, 4.69) is 16.0 Å². The first-order valence-corrected chi connectivity index (χ1v) is 15.1. The van der Waals surface area contributed by atoms with E-state index in [0.717, 1.165) is 40.6 Å². The van der Waals surface area contributed by atoms with E-state index < -0.39 is 15.5 Å². The molecule has 0 radical (unpaired) electrons. The fourth-order valence-electron chi connectivity index (χ4n) is 5.27. The van der Waals surface area contributed by atoms with Gasteiger partial charge >= 0.3 is 21.6 Å². The molecular formula is C27H32ClF3N6O3S2. The van der Waals surface area contributed by atoms with Crippen LogP contribution in [0.3, 0.4) is 0 Å². The monoisotopic (exact) mass is 644 g/mol. The van der Waals surface area contributed by atoms with Gasteiger partial charge < -0.3 is 26.3 Å². The van der Waals surface area contributed by atoms with Crippen molar-refractivity contribution in [1.82, 2.24) is 24.8 Å². The van der Waals surface area contributed by atoms with Gasteiger partial charge in [0.25, 0.3) is 0 Å². The van der Waals surface area contributed by atoms with Gasteiger partial charge in [-0.3, -0.25) is 0 Å². The maximum absolute atomic E-state index is 13.1. The fourth-order valence-corrected chi connectivity index (χ4v) is 6.38. The number of carbonyl (C=O) groups is 1. The number of amides is 2. The van der Waals surface area contributed by atoms with Gasteiger partial charge in [0.1, 0.15) is 4.99 Å². The Hall–Kier alpha value is -2.91. The number of nitrogens with one attached hydrogen (secondary N) is 3. The normalized spacial score (nSPS) is 18.2. The number of hydrogen-bond acceptors (Lipinski definition) is 5. The maximum Gasteiger partial charge on any atom is 0.511 e. The van der Waals surface area contributed by atoms with Crippen LogP contribution in [0, 0.1) is 0 Å². The van der Waals surface area contributed by atoms with Crippen LogP contribution in [0.15, 0.2) is 48.7 Å². The average molecular weight is 645 g/mol. The van der Waals surface area contributed by atoms with Gasteiger partial charge in [0.2, 0.25) is 0 Å². The van der Waals surface area contributed by atoms with Crippen LogP contribution in [0.1, 0.15) is 36.4 Å². The van der Waals surface area contributed by atoms with E-state index >= 15 is 0 Å². The van der Waals surface area contributed by atoms with Crippen LogP contribution in [0.2, 0.25) is 0 Å². The van der Waals surface area contributed by atoms with Gasteiger partial charge in [-0.05, 0) is 49.1 Å². The first-order valence-electron chi connectivity index (χ1n) is 13.3. The Balaban J connectivity index is 0.00000405. The molecule has 42 heavy (non-hydrogen) atoms. The number of urea groups is 1. The van der Waals surface area contributed by atoms with Gasteiger partial charge in [0.15, 0.2) is 0 Å². The van der Waals surface area contributed by atoms with Crippen LogP contribution in [-0.2, 0) is 16.6 Å². The summed E-state index contributed by atoms with van der Waals surface area (Å²) in [6.07, 6.45) is 3.39. The SMILES string of the molecule is Cl.NC(=S)c1cccc(-c2cn(C3CCN(S(=O)(=O)C(F)(F)F)CC3)c3cc(CNC(=O)NCC4CCN4)ccc23)c1. The Morgan fingerprint density at radius 3 is 2.43 bits per heavy atom. The number of fused-ring (bicyclic) bond motifs is 1. The highest BCUT2D eigenvalue weighted by Gasteiger charge is 2.50. The van der Waals surface area contributed by atoms with Crippen LogP contribution >= 0.6 is 24.6 Å². The Bertz CT molecular complexity index is 1570. The van der Waals surface area contributed by atoms with Crippen LogP contribution in [-0.4, -0.2) is 66.0 Å². The van der Waals surface area contributed by atoms with Gasteiger partial charge in [0, 0.05) is 66.5 Å². The topological polar surface area (TPSA) is 121 Å². The second kappa shape index (κ2) is 12.8. The Morgan fingerprint density at radius 1 is 1.10 bits per heavy atom. The van der Waals surface area contributed by atoms with E-state index in [1.54, 1.807) is 0 Å². The Morgan fingerprint density at radius 2 is 1.81 bits per heavy atom. The van der Waals surface area contributed by atoms with Crippen molar-refractivity contribution >= 4 is 56.6 Å². The third-order valence-electron chi connectivity index (χ3n) is 7.69. The second-order valence-electron chi connectivity index (χ2n) is 10.3. The summed E-state index contributed by atoms with van der Waals surface area (Å²) in [5, 5.41) is 9.84. The number of hydrogen-bond donors (Lipinski definition) is 4. The summed E-state index contributed by atoms with van der Waals surface area (Å²) in [5.41, 5.74) is 4.64. The van der Waals surface area contributed by atoms with Crippen molar-refractivity contribution in [3.8, 4) is 11.1 Å². The Kier molecular flexibility index (Phi) is 9.72. The highest BCUT2D eigenvalue weighted by Crippen LogP contribution is 2.38. The lowest BCUT2D eigenvalue weighted by Gasteiger charge is -2.32. The maximum atomic E-state index is 13.1. The van der Waals surface area contributed by atoms with E-state index in [-0.39, 0.29) is 61.9 Å². The summed E-state index contributed by atoms with van der Waals surface area (Å²) in [6, 6.07) is 13.1. The summed E-state index contributed by atoms with van der Waals surface area (Å²) >= 11 is 5.15. The molecule has 2 amide bonds. The molecule has 1 aromatic heterocycles. The zero-order valence-corrected chi connectivity index (χ0v) is 24.9. The van der Waals surface area contributed by atoms with Crippen molar-refractivity contribution in [2.75, 3.05) is 26.2 Å². The van der Waals surface area contributed by atoms with Crippen molar-refractivity contribution in [3.63, 3.8) is 0 Å². The Labute approximate surface area is 253 Å². The van der Waals surface area contributed by atoms with E-state index in [1.165, 1.54) is 0 Å². The van der Waals surface area contributed by atoms with Crippen molar-refractivity contribution in [3.05, 3.63) is 59.8 Å². The number of alkyl halides is 3. The minimum Gasteiger partial charge on any atom is -0.389 e. The summed E-state index contributed by atoms with van der Waals surface area (Å²) in [4.78, 5) is 12.5. The van der Waals surface area contributed by atoms with Gasteiger partial charge in [0.05, 0.1) is 0 Å². The highest BCUT2D eigenvalue weighted by atomic mass is 35.5. The number of benzene rings is 2. The quantitative estimate of drug-likeness (QED) is 0.275. The lowest BCUT2D eigenvalue weighted by molar-refractivity contribution is -0.0496. The number of aromatic nitrogens is 1. The number of rotatable bonds is 8. The predicted octanol–water partition coefficient (Wildman–Crippen LogP) is 4.01. The number of nitrogens with zero attached hydrogens (tertiary/aromatic N) is 2. The molecule has 15 heteroatoms. The minimum atomic E-state index is -5.38.